The lowest BCUT2D eigenvalue weighted by Gasteiger charge is -2.18. The number of carbonyl (C=O) groups excluding carboxylic acids is 1. The van der Waals surface area contributed by atoms with E-state index in [1.54, 1.807) is 0 Å². The number of halogens is 4. The minimum absolute atomic E-state index is 0.101. The molecular weight excluding hydrogens is 212 g/mol. The van der Waals surface area contributed by atoms with Crippen molar-refractivity contribution in [3.63, 3.8) is 0 Å². The fourth-order valence-electron chi connectivity index (χ4n) is 1.25. The molecular formula is C10H8F4O. The molecule has 0 aliphatic carbocycles. The standard InChI is InChI=1S/C10H8F4O/c11-8-3-1-7(2-4-8)9(5-6-15)10(12,13)14/h1-4,6,9H,5H2. The number of alkyl halides is 3. The van der Waals surface area contributed by atoms with E-state index in [1.807, 2.05) is 0 Å². The molecule has 1 rings (SSSR count). The van der Waals surface area contributed by atoms with Crippen molar-refractivity contribution in [1.82, 2.24) is 0 Å². The van der Waals surface area contributed by atoms with E-state index in [9.17, 15) is 22.4 Å². The lowest BCUT2D eigenvalue weighted by atomic mass is 9.96. The van der Waals surface area contributed by atoms with Gasteiger partial charge in [0.2, 0.25) is 0 Å². The lowest BCUT2D eigenvalue weighted by molar-refractivity contribution is -0.154. The van der Waals surface area contributed by atoms with Gasteiger partial charge in [-0.2, -0.15) is 13.2 Å². The van der Waals surface area contributed by atoms with Crippen LogP contribution in [0.15, 0.2) is 24.3 Å². The summed E-state index contributed by atoms with van der Waals surface area (Å²) >= 11 is 0. The average molecular weight is 220 g/mol. The molecule has 0 heterocycles. The third kappa shape index (κ3) is 3.04. The predicted octanol–water partition coefficient (Wildman–Crippen LogP) is 3.06. The van der Waals surface area contributed by atoms with Crippen molar-refractivity contribution in [1.29, 1.82) is 0 Å². The smallest absolute Gasteiger partial charge is 0.303 e. The van der Waals surface area contributed by atoms with Crippen LogP contribution in [-0.2, 0) is 4.79 Å². The van der Waals surface area contributed by atoms with E-state index in [-0.39, 0.29) is 11.8 Å². The molecule has 1 nitrogen and oxygen atoms in total. The maximum atomic E-state index is 12.5. The van der Waals surface area contributed by atoms with Crippen molar-refractivity contribution in [3.8, 4) is 0 Å². The molecule has 0 bridgehead atoms. The molecule has 0 spiro atoms. The van der Waals surface area contributed by atoms with Crippen molar-refractivity contribution >= 4 is 6.29 Å². The Bertz CT molecular complexity index is 328. The second-order valence-corrected chi connectivity index (χ2v) is 3.05. The van der Waals surface area contributed by atoms with E-state index < -0.39 is 24.3 Å². The highest BCUT2D eigenvalue weighted by Gasteiger charge is 2.40. The second-order valence-electron chi connectivity index (χ2n) is 3.05. The van der Waals surface area contributed by atoms with Crippen LogP contribution >= 0.6 is 0 Å². The van der Waals surface area contributed by atoms with Gasteiger partial charge in [-0.1, -0.05) is 12.1 Å². The second kappa shape index (κ2) is 4.42. The van der Waals surface area contributed by atoms with E-state index in [0.717, 1.165) is 24.3 Å². The van der Waals surface area contributed by atoms with Crippen LogP contribution in [0.2, 0.25) is 0 Å². The Morgan fingerprint density at radius 2 is 1.73 bits per heavy atom. The zero-order chi connectivity index (χ0) is 11.5. The number of benzene rings is 1. The largest absolute Gasteiger partial charge is 0.396 e. The van der Waals surface area contributed by atoms with E-state index >= 15 is 0 Å². The molecule has 0 aliphatic heterocycles. The summed E-state index contributed by atoms with van der Waals surface area (Å²) in [7, 11) is 0. The molecule has 0 aromatic heterocycles. The quantitative estimate of drug-likeness (QED) is 0.565. The Labute approximate surface area is 83.7 Å². The van der Waals surface area contributed by atoms with Crippen LogP contribution in [0.4, 0.5) is 17.6 Å². The third-order valence-electron chi connectivity index (χ3n) is 2.00. The van der Waals surface area contributed by atoms with Crippen molar-refractivity contribution in [3.05, 3.63) is 35.6 Å². The van der Waals surface area contributed by atoms with E-state index in [4.69, 9.17) is 0 Å². The summed E-state index contributed by atoms with van der Waals surface area (Å²) in [6, 6.07) is 3.96. The van der Waals surface area contributed by atoms with Crippen molar-refractivity contribution < 1.29 is 22.4 Å². The van der Waals surface area contributed by atoms with E-state index in [2.05, 4.69) is 0 Å². The minimum Gasteiger partial charge on any atom is -0.303 e. The highest BCUT2D eigenvalue weighted by Crippen LogP contribution is 2.36. The van der Waals surface area contributed by atoms with Gasteiger partial charge in [0.05, 0.1) is 5.92 Å². The Hall–Kier alpha value is -1.39. The van der Waals surface area contributed by atoms with Gasteiger partial charge < -0.3 is 4.79 Å². The van der Waals surface area contributed by atoms with Gasteiger partial charge in [-0.15, -0.1) is 0 Å². The summed E-state index contributed by atoms with van der Waals surface area (Å²) in [6.45, 7) is 0. The molecule has 0 radical (unpaired) electrons. The van der Waals surface area contributed by atoms with Crippen LogP contribution in [0.1, 0.15) is 17.9 Å². The van der Waals surface area contributed by atoms with Gasteiger partial charge in [-0.25, -0.2) is 4.39 Å². The van der Waals surface area contributed by atoms with Gasteiger partial charge >= 0.3 is 6.18 Å². The monoisotopic (exact) mass is 220 g/mol. The van der Waals surface area contributed by atoms with Gasteiger partial charge in [0.25, 0.3) is 0 Å². The van der Waals surface area contributed by atoms with Gasteiger partial charge in [0.15, 0.2) is 0 Å². The van der Waals surface area contributed by atoms with Crippen LogP contribution < -0.4 is 0 Å². The fourth-order valence-corrected chi connectivity index (χ4v) is 1.25. The molecule has 1 aromatic carbocycles. The number of carbonyl (C=O) groups is 1. The van der Waals surface area contributed by atoms with Gasteiger partial charge in [-0.05, 0) is 17.7 Å². The first-order valence-electron chi connectivity index (χ1n) is 4.21. The summed E-state index contributed by atoms with van der Waals surface area (Å²) < 4.78 is 49.8. The van der Waals surface area contributed by atoms with Crippen LogP contribution in [0.25, 0.3) is 0 Å². The molecule has 1 unspecified atom stereocenters. The zero-order valence-electron chi connectivity index (χ0n) is 7.59. The molecule has 15 heavy (non-hydrogen) atoms. The van der Waals surface area contributed by atoms with E-state index in [1.165, 1.54) is 0 Å². The first-order chi connectivity index (χ1) is 6.95. The summed E-state index contributed by atoms with van der Waals surface area (Å²) in [5.74, 6) is -2.46. The molecule has 0 saturated carbocycles. The van der Waals surface area contributed by atoms with Crippen LogP contribution in [0, 0.1) is 5.82 Å². The van der Waals surface area contributed by atoms with Crippen LogP contribution in [-0.4, -0.2) is 12.5 Å². The Kier molecular flexibility index (Phi) is 3.44. The zero-order valence-corrected chi connectivity index (χ0v) is 7.59. The normalized spacial score (nSPS) is 13.6. The maximum absolute atomic E-state index is 12.5. The molecule has 1 atom stereocenters. The fraction of sp³-hybridized carbons (Fsp3) is 0.300. The number of rotatable bonds is 3. The highest BCUT2D eigenvalue weighted by molar-refractivity contribution is 5.52. The Balaban J connectivity index is 2.99. The van der Waals surface area contributed by atoms with E-state index in [0.29, 0.717) is 0 Å². The lowest BCUT2D eigenvalue weighted by Crippen LogP contribution is -2.21. The maximum Gasteiger partial charge on any atom is 0.396 e. The molecule has 82 valence electrons. The first-order valence-corrected chi connectivity index (χ1v) is 4.21. The molecule has 5 heteroatoms. The summed E-state index contributed by atoms with van der Waals surface area (Å²) in [5.41, 5.74) is -0.101. The van der Waals surface area contributed by atoms with Gasteiger partial charge in [-0.3, -0.25) is 0 Å². The van der Waals surface area contributed by atoms with Gasteiger partial charge in [0, 0.05) is 6.42 Å². The molecule has 1 aromatic rings. The first kappa shape index (κ1) is 11.7. The van der Waals surface area contributed by atoms with Crippen LogP contribution in [0.5, 0.6) is 0 Å². The molecule has 0 N–H and O–H groups in total. The summed E-state index contributed by atoms with van der Waals surface area (Å²) in [6.07, 6.45) is -4.92. The Morgan fingerprint density at radius 3 is 2.13 bits per heavy atom. The number of hydrogen-bond donors (Lipinski definition) is 0. The summed E-state index contributed by atoms with van der Waals surface area (Å²) in [4.78, 5) is 10.1. The predicted molar refractivity (Wildman–Crippen MR) is 45.9 cm³/mol. The molecule has 0 saturated heterocycles. The third-order valence-corrected chi connectivity index (χ3v) is 2.00. The van der Waals surface area contributed by atoms with Crippen molar-refractivity contribution in [2.24, 2.45) is 0 Å². The topological polar surface area (TPSA) is 17.1 Å². The highest BCUT2D eigenvalue weighted by atomic mass is 19.4. The van der Waals surface area contributed by atoms with Crippen molar-refractivity contribution in [2.75, 3.05) is 0 Å². The number of hydrogen-bond acceptors (Lipinski definition) is 1. The van der Waals surface area contributed by atoms with Crippen LogP contribution in [0.3, 0.4) is 0 Å². The van der Waals surface area contributed by atoms with Crippen molar-refractivity contribution in [2.45, 2.75) is 18.5 Å². The molecule has 0 fully saturated rings. The van der Waals surface area contributed by atoms with Gasteiger partial charge in [0.1, 0.15) is 12.1 Å². The Morgan fingerprint density at radius 1 is 1.20 bits per heavy atom. The minimum atomic E-state index is -4.49. The molecule has 0 aliphatic rings. The SMILES string of the molecule is O=CCC(c1ccc(F)cc1)C(F)(F)F. The summed E-state index contributed by atoms with van der Waals surface area (Å²) in [5, 5.41) is 0. The number of aldehydes is 1. The molecule has 0 amide bonds. The average Bonchev–Trinajstić information content (AvgIpc) is 2.14.